The van der Waals surface area contributed by atoms with Crippen molar-refractivity contribution >= 4 is 23.5 Å². The maximum Gasteiger partial charge on any atom is 0.235 e. The SMILES string of the molecule is Cc1cc(NC(=O)CSc2ccccn2)n(-c2ccccc2)n1. The number of para-hydroxylation sites is 1. The third-order valence-corrected chi connectivity index (χ3v) is 4.03. The predicted octanol–water partition coefficient (Wildman–Crippen LogP) is 3.31. The van der Waals surface area contributed by atoms with Gasteiger partial charge in [0.25, 0.3) is 0 Å². The summed E-state index contributed by atoms with van der Waals surface area (Å²) in [6.45, 7) is 1.90. The molecule has 0 atom stereocenters. The zero-order valence-corrected chi connectivity index (χ0v) is 13.5. The number of pyridine rings is 1. The average Bonchev–Trinajstić information content (AvgIpc) is 2.95. The van der Waals surface area contributed by atoms with E-state index >= 15 is 0 Å². The molecule has 0 spiro atoms. The van der Waals surface area contributed by atoms with Gasteiger partial charge < -0.3 is 5.32 Å². The van der Waals surface area contributed by atoms with Crippen molar-refractivity contribution in [3.63, 3.8) is 0 Å². The summed E-state index contributed by atoms with van der Waals surface area (Å²) in [5.74, 6) is 0.883. The molecule has 0 aliphatic heterocycles. The fourth-order valence-electron chi connectivity index (χ4n) is 2.11. The third kappa shape index (κ3) is 3.98. The molecule has 0 fully saturated rings. The van der Waals surface area contributed by atoms with Crippen LogP contribution in [0.4, 0.5) is 5.82 Å². The molecule has 3 aromatic rings. The molecule has 116 valence electrons. The molecular formula is C17H16N4OS. The van der Waals surface area contributed by atoms with Crippen molar-refractivity contribution in [2.75, 3.05) is 11.1 Å². The number of hydrogen-bond acceptors (Lipinski definition) is 4. The lowest BCUT2D eigenvalue weighted by atomic mass is 10.3. The Bertz CT molecular complexity index is 787. The Morgan fingerprint density at radius 1 is 1.17 bits per heavy atom. The standard InChI is InChI=1S/C17H16N4OS/c1-13-11-15(21(20-13)14-7-3-2-4-8-14)19-16(22)12-23-17-9-5-6-10-18-17/h2-11H,12H2,1H3,(H,19,22). The molecule has 0 saturated carbocycles. The van der Waals surface area contributed by atoms with Crippen molar-refractivity contribution in [3.05, 3.63) is 66.5 Å². The normalized spacial score (nSPS) is 10.5. The predicted molar refractivity (Wildman–Crippen MR) is 91.9 cm³/mol. The van der Waals surface area contributed by atoms with Crippen LogP contribution in [0.5, 0.6) is 0 Å². The van der Waals surface area contributed by atoms with Gasteiger partial charge in [0.05, 0.1) is 22.2 Å². The van der Waals surface area contributed by atoms with Crippen LogP contribution in [0, 0.1) is 6.92 Å². The van der Waals surface area contributed by atoms with Crippen LogP contribution in [0.3, 0.4) is 0 Å². The van der Waals surface area contributed by atoms with Crippen molar-refractivity contribution in [3.8, 4) is 5.69 Å². The van der Waals surface area contributed by atoms with E-state index in [1.165, 1.54) is 11.8 Å². The van der Waals surface area contributed by atoms with E-state index in [-0.39, 0.29) is 5.91 Å². The third-order valence-electron chi connectivity index (χ3n) is 3.09. The van der Waals surface area contributed by atoms with Gasteiger partial charge in [-0.2, -0.15) is 5.10 Å². The Labute approximate surface area is 138 Å². The first-order chi connectivity index (χ1) is 11.2. The lowest BCUT2D eigenvalue weighted by Crippen LogP contribution is -2.17. The molecule has 0 aliphatic rings. The van der Waals surface area contributed by atoms with Crippen LogP contribution < -0.4 is 5.32 Å². The van der Waals surface area contributed by atoms with E-state index in [2.05, 4.69) is 15.4 Å². The van der Waals surface area contributed by atoms with Crippen molar-refractivity contribution in [2.24, 2.45) is 0 Å². The molecule has 6 heteroatoms. The Hall–Kier alpha value is -2.60. The number of nitrogens with one attached hydrogen (secondary N) is 1. The highest BCUT2D eigenvalue weighted by molar-refractivity contribution is 7.99. The highest BCUT2D eigenvalue weighted by Gasteiger charge is 2.11. The van der Waals surface area contributed by atoms with E-state index in [1.54, 1.807) is 10.9 Å². The van der Waals surface area contributed by atoms with Crippen LogP contribution >= 0.6 is 11.8 Å². The number of amides is 1. The van der Waals surface area contributed by atoms with Gasteiger partial charge in [-0.15, -0.1) is 0 Å². The van der Waals surface area contributed by atoms with E-state index < -0.39 is 0 Å². The number of aryl methyl sites for hydroxylation is 1. The van der Waals surface area contributed by atoms with Gasteiger partial charge in [0.15, 0.2) is 0 Å². The second-order valence-electron chi connectivity index (χ2n) is 4.92. The van der Waals surface area contributed by atoms with Crippen LogP contribution in [0.1, 0.15) is 5.69 Å². The molecule has 1 N–H and O–H groups in total. The molecule has 1 amide bonds. The summed E-state index contributed by atoms with van der Waals surface area (Å²) in [4.78, 5) is 16.4. The molecule has 5 nitrogen and oxygen atoms in total. The van der Waals surface area contributed by atoms with E-state index in [0.717, 1.165) is 16.4 Å². The second kappa shape index (κ2) is 7.11. The summed E-state index contributed by atoms with van der Waals surface area (Å²) in [5, 5.41) is 8.18. The van der Waals surface area contributed by atoms with Crippen molar-refractivity contribution in [1.29, 1.82) is 0 Å². The van der Waals surface area contributed by atoms with E-state index in [0.29, 0.717) is 11.6 Å². The first-order valence-electron chi connectivity index (χ1n) is 7.18. The Kier molecular flexibility index (Phi) is 4.73. The molecule has 0 radical (unpaired) electrons. The minimum atomic E-state index is -0.0854. The molecule has 0 saturated heterocycles. The number of carbonyl (C=O) groups excluding carboxylic acids is 1. The fourth-order valence-corrected chi connectivity index (χ4v) is 2.77. The summed E-state index contributed by atoms with van der Waals surface area (Å²) in [6, 6.07) is 17.2. The van der Waals surface area contributed by atoms with Crippen molar-refractivity contribution < 1.29 is 4.79 Å². The molecule has 0 bridgehead atoms. The van der Waals surface area contributed by atoms with Crippen molar-refractivity contribution in [1.82, 2.24) is 14.8 Å². The highest BCUT2D eigenvalue weighted by Crippen LogP contribution is 2.18. The second-order valence-corrected chi connectivity index (χ2v) is 5.92. The summed E-state index contributed by atoms with van der Waals surface area (Å²) in [5.41, 5.74) is 1.76. The van der Waals surface area contributed by atoms with Crippen LogP contribution in [0.2, 0.25) is 0 Å². The molecular weight excluding hydrogens is 308 g/mol. The minimum absolute atomic E-state index is 0.0854. The zero-order valence-electron chi connectivity index (χ0n) is 12.6. The van der Waals surface area contributed by atoms with Crippen LogP contribution in [0.25, 0.3) is 5.69 Å². The quantitative estimate of drug-likeness (QED) is 0.732. The monoisotopic (exact) mass is 324 g/mol. The van der Waals surface area contributed by atoms with E-state index in [9.17, 15) is 4.79 Å². The average molecular weight is 324 g/mol. The highest BCUT2D eigenvalue weighted by atomic mass is 32.2. The van der Waals surface area contributed by atoms with Gasteiger partial charge in [-0.05, 0) is 31.2 Å². The number of anilines is 1. The molecule has 23 heavy (non-hydrogen) atoms. The summed E-state index contributed by atoms with van der Waals surface area (Å²) in [6.07, 6.45) is 1.72. The number of thioether (sulfide) groups is 1. The smallest absolute Gasteiger partial charge is 0.235 e. The molecule has 2 heterocycles. The summed E-state index contributed by atoms with van der Waals surface area (Å²) in [7, 11) is 0. The maximum absolute atomic E-state index is 12.2. The Morgan fingerprint density at radius 2 is 1.96 bits per heavy atom. The molecule has 2 aromatic heterocycles. The van der Waals surface area contributed by atoms with Gasteiger partial charge in [0, 0.05) is 12.3 Å². The van der Waals surface area contributed by atoms with Gasteiger partial charge in [-0.1, -0.05) is 36.0 Å². The zero-order chi connectivity index (χ0) is 16.1. The number of carbonyl (C=O) groups is 1. The number of aromatic nitrogens is 3. The number of benzene rings is 1. The Morgan fingerprint density at radius 3 is 2.70 bits per heavy atom. The van der Waals surface area contributed by atoms with Gasteiger partial charge in [-0.3, -0.25) is 4.79 Å². The first kappa shape index (κ1) is 15.3. The molecule has 0 unspecified atom stereocenters. The topological polar surface area (TPSA) is 59.8 Å². The fraction of sp³-hybridized carbons (Fsp3) is 0.118. The van der Waals surface area contributed by atoms with Crippen LogP contribution in [0.15, 0.2) is 65.8 Å². The summed E-state index contributed by atoms with van der Waals surface area (Å²) >= 11 is 1.40. The van der Waals surface area contributed by atoms with Crippen LogP contribution in [-0.4, -0.2) is 26.4 Å². The lowest BCUT2D eigenvalue weighted by molar-refractivity contribution is -0.113. The van der Waals surface area contributed by atoms with Crippen LogP contribution in [-0.2, 0) is 4.79 Å². The molecule has 0 aliphatic carbocycles. The first-order valence-corrected chi connectivity index (χ1v) is 8.17. The lowest BCUT2D eigenvalue weighted by Gasteiger charge is -2.08. The largest absolute Gasteiger partial charge is 0.310 e. The number of nitrogens with zero attached hydrogens (tertiary/aromatic N) is 3. The van der Waals surface area contributed by atoms with Gasteiger partial charge in [0.1, 0.15) is 5.82 Å². The minimum Gasteiger partial charge on any atom is -0.310 e. The number of hydrogen-bond donors (Lipinski definition) is 1. The summed E-state index contributed by atoms with van der Waals surface area (Å²) < 4.78 is 1.73. The molecule has 1 aromatic carbocycles. The van der Waals surface area contributed by atoms with Gasteiger partial charge in [-0.25, -0.2) is 9.67 Å². The molecule has 3 rings (SSSR count). The van der Waals surface area contributed by atoms with Gasteiger partial charge >= 0.3 is 0 Å². The van der Waals surface area contributed by atoms with E-state index in [1.807, 2.05) is 61.5 Å². The Balaban J connectivity index is 1.69. The maximum atomic E-state index is 12.2. The van der Waals surface area contributed by atoms with Gasteiger partial charge in [0.2, 0.25) is 5.91 Å². The van der Waals surface area contributed by atoms with Crippen molar-refractivity contribution in [2.45, 2.75) is 11.9 Å². The number of rotatable bonds is 5. The van der Waals surface area contributed by atoms with E-state index in [4.69, 9.17) is 0 Å².